The van der Waals surface area contributed by atoms with E-state index in [4.69, 9.17) is 10.7 Å². The topological polar surface area (TPSA) is 68.0 Å². The van der Waals surface area contributed by atoms with Gasteiger partial charge in [0.2, 0.25) is 0 Å². The molecule has 1 heterocycles. The summed E-state index contributed by atoms with van der Waals surface area (Å²) in [4.78, 5) is 16.7. The van der Waals surface area contributed by atoms with Crippen molar-refractivity contribution < 1.29 is 4.79 Å². The molecule has 1 aromatic heterocycles. The van der Waals surface area contributed by atoms with E-state index in [1.807, 2.05) is 31.3 Å². The normalized spacial score (nSPS) is 15.0. The lowest BCUT2D eigenvalue weighted by molar-refractivity contribution is 0.112. The SMILES string of the molecule is CNCCc1nc(-c2ccc(C3(N)CCC3)cc2)c(-c2ccccc2)cc1C=O. The summed E-state index contributed by atoms with van der Waals surface area (Å²) in [5.74, 6) is 0. The number of benzene rings is 2. The summed E-state index contributed by atoms with van der Waals surface area (Å²) in [5, 5.41) is 3.14. The Bertz CT molecular complexity index is 993. The van der Waals surface area contributed by atoms with E-state index in [1.54, 1.807) is 0 Å². The fourth-order valence-electron chi connectivity index (χ4n) is 3.98. The summed E-state index contributed by atoms with van der Waals surface area (Å²) < 4.78 is 0. The number of aromatic nitrogens is 1. The summed E-state index contributed by atoms with van der Waals surface area (Å²) in [6, 6.07) is 20.6. The highest BCUT2D eigenvalue weighted by Crippen LogP contribution is 2.40. The number of hydrogen-bond acceptors (Lipinski definition) is 4. The summed E-state index contributed by atoms with van der Waals surface area (Å²) in [5.41, 5.74) is 12.9. The number of likely N-dealkylation sites (N-methyl/N-ethyl adjacent to an activating group) is 1. The Morgan fingerprint density at radius 1 is 1.07 bits per heavy atom. The van der Waals surface area contributed by atoms with Crippen LogP contribution in [0, 0.1) is 0 Å². The summed E-state index contributed by atoms with van der Waals surface area (Å²) in [6.45, 7) is 0.770. The maximum Gasteiger partial charge on any atom is 0.151 e. The van der Waals surface area contributed by atoms with Gasteiger partial charge in [-0.2, -0.15) is 0 Å². The van der Waals surface area contributed by atoms with Crippen LogP contribution in [0.5, 0.6) is 0 Å². The van der Waals surface area contributed by atoms with Gasteiger partial charge < -0.3 is 11.1 Å². The first kappa shape index (κ1) is 19.5. The van der Waals surface area contributed by atoms with Crippen molar-refractivity contribution in [3.05, 3.63) is 77.5 Å². The van der Waals surface area contributed by atoms with E-state index in [0.29, 0.717) is 12.0 Å². The molecule has 3 N–H and O–H groups in total. The van der Waals surface area contributed by atoms with Crippen molar-refractivity contribution in [1.82, 2.24) is 10.3 Å². The standard InChI is InChI=1S/C25H27N3O/c1-27-15-12-23-20(17-29)16-22(18-6-3-2-4-7-18)24(28-23)19-8-10-21(11-9-19)25(26)13-5-14-25/h2-4,6-11,16-17,27H,5,12-15,26H2,1H3. The van der Waals surface area contributed by atoms with Crippen LogP contribution >= 0.6 is 0 Å². The van der Waals surface area contributed by atoms with Gasteiger partial charge in [-0.1, -0.05) is 54.6 Å². The molecule has 0 bridgehead atoms. The molecule has 0 unspecified atom stereocenters. The first-order valence-electron chi connectivity index (χ1n) is 10.2. The Kier molecular flexibility index (Phi) is 5.56. The van der Waals surface area contributed by atoms with Gasteiger partial charge in [-0.25, -0.2) is 0 Å². The molecule has 0 aliphatic heterocycles. The maximum atomic E-state index is 11.7. The average molecular weight is 386 g/mol. The van der Waals surface area contributed by atoms with Gasteiger partial charge in [0.05, 0.1) is 11.4 Å². The first-order valence-corrected chi connectivity index (χ1v) is 10.2. The molecule has 0 atom stereocenters. The minimum Gasteiger partial charge on any atom is -0.321 e. The molecule has 4 nitrogen and oxygen atoms in total. The van der Waals surface area contributed by atoms with Crippen LogP contribution in [0.25, 0.3) is 22.4 Å². The second kappa shape index (κ2) is 8.27. The molecule has 148 valence electrons. The minimum atomic E-state index is -0.173. The van der Waals surface area contributed by atoms with Gasteiger partial charge in [0.1, 0.15) is 0 Å². The molecule has 1 aliphatic carbocycles. The second-order valence-electron chi connectivity index (χ2n) is 7.84. The van der Waals surface area contributed by atoms with E-state index in [2.05, 4.69) is 41.7 Å². The molecule has 4 rings (SSSR count). The highest BCUT2D eigenvalue weighted by atomic mass is 16.1. The zero-order chi connectivity index (χ0) is 20.3. The van der Waals surface area contributed by atoms with Crippen LogP contribution < -0.4 is 11.1 Å². The first-order chi connectivity index (χ1) is 14.1. The predicted molar refractivity (Wildman–Crippen MR) is 118 cm³/mol. The highest BCUT2D eigenvalue weighted by Gasteiger charge is 2.34. The summed E-state index contributed by atoms with van der Waals surface area (Å²) in [6.07, 6.45) is 4.90. The van der Waals surface area contributed by atoms with Gasteiger partial charge in [-0.05, 0) is 43.5 Å². The summed E-state index contributed by atoms with van der Waals surface area (Å²) in [7, 11) is 1.90. The average Bonchev–Trinajstić information content (AvgIpc) is 2.76. The Labute approximate surface area is 172 Å². The van der Waals surface area contributed by atoms with E-state index in [1.165, 1.54) is 12.0 Å². The zero-order valence-corrected chi connectivity index (χ0v) is 16.8. The van der Waals surface area contributed by atoms with Crippen molar-refractivity contribution in [2.45, 2.75) is 31.2 Å². The largest absolute Gasteiger partial charge is 0.321 e. The number of hydrogen-bond donors (Lipinski definition) is 2. The summed E-state index contributed by atoms with van der Waals surface area (Å²) >= 11 is 0. The Balaban J connectivity index is 1.82. The van der Waals surface area contributed by atoms with Crippen LogP contribution in [0.3, 0.4) is 0 Å². The highest BCUT2D eigenvalue weighted by molar-refractivity contribution is 5.87. The fraction of sp³-hybridized carbons (Fsp3) is 0.280. The van der Waals surface area contributed by atoms with Crippen LogP contribution in [0.4, 0.5) is 0 Å². The number of pyridine rings is 1. The number of nitrogens with one attached hydrogen (secondary N) is 1. The minimum absolute atomic E-state index is 0.173. The molecule has 1 aliphatic rings. The molecule has 0 spiro atoms. The molecular weight excluding hydrogens is 358 g/mol. The number of rotatable bonds is 7. The smallest absolute Gasteiger partial charge is 0.151 e. The third kappa shape index (κ3) is 3.86. The number of nitrogens with two attached hydrogens (primary N) is 1. The Morgan fingerprint density at radius 3 is 2.38 bits per heavy atom. The number of aldehydes is 1. The Hall–Kier alpha value is -2.82. The number of carbonyl (C=O) groups is 1. The van der Waals surface area contributed by atoms with Crippen molar-refractivity contribution in [2.75, 3.05) is 13.6 Å². The second-order valence-corrected chi connectivity index (χ2v) is 7.84. The van der Waals surface area contributed by atoms with Gasteiger partial charge in [0.15, 0.2) is 6.29 Å². The lowest BCUT2D eigenvalue weighted by atomic mass is 9.72. The molecule has 29 heavy (non-hydrogen) atoms. The van der Waals surface area contributed by atoms with Crippen molar-refractivity contribution in [3.8, 4) is 22.4 Å². The quantitative estimate of drug-likeness (QED) is 0.594. The van der Waals surface area contributed by atoms with Crippen LogP contribution in [0.1, 0.15) is 40.9 Å². The van der Waals surface area contributed by atoms with Gasteiger partial charge in [-0.15, -0.1) is 0 Å². The van der Waals surface area contributed by atoms with Crippen molar-refractivity contribution in [2.24, 2.45) is 5.73 Å². The fourth-order valence-corrected chi connectivity index (χ4v) is 3.98. The lowest BCUT2D eigenvalue weighted by Crippen LogP contribution is -2.43. The van der Waals surface area contributed by atoms with Crippen molar-refractivity contribution in [1.29, 1.82) is 0 Å². The van der Waals surface area contributed by atoms with E-state index in [0.717, 1.165) is 53.8 Å². The van der Waals surface area contributed by atoms with Crippen LogP contribution in [0.15, 0.2) is 60.7 Å². The lowest BCUT2D eigenvalue weighted by Gasteiger charge is -2.38. The van der Waals surface area contributed by atoms with E-state index < -0.39 is 0 Å². The molecule has 1 fully saturated rings. The molecule has 3 aromatic rings. The monoisotopic (exact) mass is 385 g/mol. The predicted octanol–water partition coefficient (Wildman–Crippen LogP) is 4.33. The van der Waals surface area contributed by atoms with Gasteiger partial charge in [-0.3, -0.25) is 9.78 Å². The molecule has 0 amide bonds. The molecular formula is C25H27N3O. The van der Waals surface area contributed by atoms with E-state index in [-0.39, 0.29) is 5.54 Å². The van der Waals surface area contributed by atoms with Crippen molar-refractivity contribution in [3.63, 3.8) is 0 Å². The molecule has 4 heteroatoms. The third-order valence-electron chi connectivity index (χ3n) is 5.94. The van der Waals surface area contributed by atoms with Crippen molar-refractivity contribution >= 4 is 6.29 Å². The maximum absolute atomic E-state index is 11.7. The van der Waals surface area contributed by atoms with Gasteiger partial charge in [0, 0.05) is 35.2 Å². The van der Waals surface area contributed by atoms with Gasteiger partial charge >= 0.3 is 0 Å². The van der Waals surface area contributed by atoms with Crippen LogP contribution in [-0.2, 0) is 12.0 Å². The van der Waals surface area contributed by atoms with Gasteiger partial charge in [0.25, 0.3) is 0 Å². The van der Waals surface area contributed by atoms with E-state index in [9.17, 15) is 4.79 Å². The Morgan fingerprint density at radius 2 is 1.79 bits per heavy atom. The molecule has 2 aromatic carbocycles. The number of carbonyl (C=O) groups excluding carboxylic acids is 1. The zero-order valence-electron chi connectivity index (χ0n) is 16.8. The van der Waals surface area contributed by atoms with E-state index >= 15 is 0 Å². The third-order valence-corrected chi connectivity index (χ3v) is 5.94. The molecule has 0 radical (unpaired) electrons. The molecule has 0 saturated heterocycles. The molecule has 1 saturated carbocycles. The number of nitrogens with zero attached hydrogens (tertiary/aromatic N) is 1. The van der Waals surface area contributed by atoms with Crippen LogP contribution in [0.2, 0.25) is 0 Å². The van der Waals surface area contributed by atoms with Crippen LogP contribution in [-0.4, -0.2) is 24.9 Å².